The van der Waals surface area contributed by atoms with Gasteiger partial charge < -0.3 is 15.1 Å². The number of nitrogens with zero attached hydrogens (tertiary/aromatic N) is 4. The lowest BCUT2D eigenvalue weighted by molar-refractivity contribution is 0.301. The number of rotatable bonds is 8. The second-order valence-corrected chi connectivity index (χ2v) is 12.0. The summed E-state index contributed by atoms with van der Waals surface area (Å²) in [4.78, 5) is 4.35. The van der Waals surface area contributed by atoms with Gasteiger partial charge in [-0.3, -0.25) is 4.31 Å². The van der Waals surface area contributed by atoms with Crippen LogP contribution in [0.3, 0.4) is 0 Å². The first-order valence-corrected chi connectivity index (χ1v) is 14.9. The Balaban J connectivity index is 0.000000175. The molecular formula is C26H35ClN6O3S. The van der Waals surface area contributed by atoms with Crippen molar-refractivity contribution in [1.82, 2.24) is 20.5 Å². The highest BCUT2D eigenvalue weighted by molar-refractivity contribution is 7.92. The van der Waals surface area contributed by atoms with Crippen LogP contribution in [0, 0.1) is 5.92 Å². The largest absolute Gasteiger partial charge is 0.426 e. The van der Waals surface area contributed by atoms with Crippen LogP contribution in [0.15, 0.2) is 47.2 Å². The molecule has 1 saturated heterocycles. The molecule has 2 N–H and O–H groups in total. The predicted molar refractivity (Wildman–Crippen MR) is 147 cm³/mol. The van der Waals surface area contributed by atoms with Crippen molar-refractivity contribution in [2.24, 2.45) is 5.92 Å². The maximum absolute atomic E-state index is 11.7. The van der Waals surface area contributed by atoms with Gasteiger partial charge in [-0.2, -0.15) is 0 Å². The summed E-state index contributed by atoms with van der Waals surface area (Å²) in [5, 5.41) is 14.9. The van der Waals surface area contributed by atoms with Gasteiger partial charge in [0.25, 0.3) is 0 Å². The first-order chi connectivity index (χ1) is 17.8. The molecule has 37 heavy (non-hydrogen) atoms. The molecule has 0 amide bonds. The molecule has 2 atom stereocenters. The summed E-state index contributed by atoms with van der Waals surface area (Å²) in [5.41, 5.74) is 2.23. The van der Waals surface area contributed by atoms with E-state index in [1.165, 1.54) is 38.3 Å². The van der Waals surface area contributed by atoms with Gasteiger partial charge in [0.2, 0.25) is 22.3 Å². The van der Waals surface area contributed by atoms with Gasteiger partial charge in [0.05, 0.1) is 17.3 Å². The summed E-state index contributed by atoms with van der Waals surface area (Å²) >= 11 is 6.26. The van der Waals surface area contributed by atoms with Crippen LogP contribution in [0.1, 0.15) is 61.6 Å². The van der Waals surface area contributed by atoms with Crippen molar-refractivity contribution < 1.29 is 12.8 Å². The molecule has 1 aromatic carbocycles. The normalized spacial score (nSPS) is 19.6. The molecule has 0 bridgehead atoms. The van der Waals surface area contributed by atoms with E-state index in [4.69, 9.17) is 16.0 Å². The minimum absolute atomic E-state index is 0.147. The van der Waals surface area contributed by atoms with Gasteiger partial charge in [0.15, 0.2) is 5.82 Å². The molecule has 2 aliphatic rings. The summed E-state index contributed by atoms with van der Waals surface area (Å²) in [6, 6.07) is 12.6. The van der Waals surface area contributed by atoms with Crippen molar-refractivity contribution in [1.29, 1.82) is 0 Å². The minimum Gasteiger partial charge on any atom is -0.426 e. The zero-order valence-electron chi connectivity index (χ0n) is 21.5. The summed E-state index contributed by atoms with van der Waals surface area (Å²) in [6.07, 6.45) is 8.10. The van der Waals surface area contributed by atoms with Crippen molar-refractivity contribution in [3.8, 4) is 0 Å². The molecule has 2 aromatic heterocycles. The van der Waals surface area contributed by atoms with Crippen molar-refractivity contribution in [2.45, 2.75) is 51.0 Å². The lowest BCUT2D eigenvalue weighted by Gasteiger charge is -2.30. The van der Waals surface area contributed by atoms with Gasteiger partial charge in [-0.05, 0) is 61.8 Å². The van der Waals surface area contributed by atoms with Gasteiger partial charge >= 0.3 is 0 Å². The van der Waals surface area contributed by atoms with Crippen LogP contribution in [0.5, 0.6) is 0 Å². The quantitative estimate of drug-likeness (QED) is 0.414. The molecule has 5 rings (SSSR count). The second-order valence-electron chi connectivity index (χ2n) is 9.58. The standard InChI is InChI=1S/C13H20ClN3O2S.C13H15N3O/c1-4-10-7-11(15-8-9-5-6-9)16-13(12(10)14)17(2)20(3,18)19;1-2-5-10(6-3-1)11-7-4-8-14-12(11)13-16-15-9-17-13/h7,9H,4-6,8H2,1-3H3,(H,15,16);1-3,5-6,9,11-12,14H,4,7-8H2. The molecule has 3 aromatic rings. The zero-order chi connectivity index (χ0) is 26.4. The number of sulfonamides is 1. The first-order valence-electron chi connectivity index (χ1n) is 12.7. The summed E-state index contributed by atoms with van der Waals surface area (Å²) in [5.74, 6) is 2.80. The third-order valence-electron chi connectivity index (χ3n) is 6.79. The zero-order valence-corrected chi connectivity index (χ0v) is 23.1. The van der Waals surface area contributed by atoms with E-state index in [1.807, 2.05) is 19.1 Å². The van der Waals surface area contributed by atoms with Crippen molar-refractivity contribution >= 4 is 33.3 Å². The van der Waals surface area contributed by atoms with E-state index in [0.29, 0.717) is 28.6 Å². The fraction of sp³-hybridized carbons (Fsp3) is 0.500. The Hall–Kier alpha value is -2.69. The number of piperidine rings is 1. The second kappa shape index (κ2) is 12.2. The average molecular weight is 547 g/mol. The molecule has 2 fully saturated rings. The fourth-order valence-corrected chi connectivity index (χ4v) is 5.23. The van der Waals surface area contributed by atoms with E-state index >= 15 is 0 Å². The Morgan fingerprint density at radius 3 is 2.59 bits per heavy atom. The van der Waals surface area contributed by atoms with Crippen LogP contribution in [-0.2, 0) is 16.4 Å². The third-order valence-corrected chi connectivity index (χ3v) is 8.37. The Kier molecular flexibility index (Phi) is 9.04. The molecule has 11 heteroatoms. The molecule has 9 nitrogen and oxygen atoms in total. The number of hydrogen-bond acceptors (Lipinski definition) is 8. The number of pyridine rings is 1. The lowest BCUT2D eigenvalue weighted by atomic mass is 9.85. The molecule has 0 radical (unpaired) electrons. The Morgan fingerprint density at radius 1 is 1.22 bits per heavy atom. The molecule has 200 valence electrons. The Morgan fingerprint density at radius 2 is 1.97 bits per heavy atom. The topological polar surface area (TPSA) is 113 Å². The average Bonchev–Trinajstić information content (AvgIpc) is 3.58. The molecule has 1 saturated carbocycles. The van der Waals surface area contributed by atoms with Crippen molar-refractivity contribution in [2.75, 3.05) is 36.0 Å². The Bertz CT molecular complexity index is 1250. The van der Waals surface area contributed by atoms with E-state index in [1.54, 1.807) is 0 Å². The lowest BCUT2D eigenvalue weighted by Crippen LogP contribution is -2.33. The monoisotopic (exact) mass is 546 g/mol. The first kappa shape index (κ1) is 27.3. The van der Waals surface area contributed by atoms with Crippen molar-refractivity contribution in [3.05, 3.63) is 64.8 Å². The van der Waals surface area contributed by atoms with E-state index in [2.05, 4.69) is 50.1 Å². The molecular weight excluding hydrogens is 512 g/mol. The maximum Gasteiger partial charge on any atom is 0.233 e. The van der Waals surface area contributed by atoms with Crippen LogP contribution in [-0.4, -0.2) is 50.0 Å². The number of aromatic nitrogens is 3. The SMILES string of the molecule is CCc1cc(NCC2CC2)nc(N(C)S(C)(=O)=O)c1Cl.c1ccc(C2CCCNC2c2nnco2)cc1. The van der Waals surface area contributed by atoms with E-state index in [9.17, 15) is 8.42 Å². The highest BCUT2D eigenvalue weighted by atomic mass is 35.5. The van der Waals surface area contributed by atoms with Gasteiger partial charge in [-0.1, -0.05) is 48.9 Å². The molecule has 0 spiro atoms. The summed E-state index contributed by atoms with van der Waals surface area (Å²) in [6.45, 7) is 3.87. The number of aryl methyl sites for hydroxylation is 1. The molecule has 1 aliphatic heterocycles. The molecule has 3 heterocycles. The third kappa shape index (κ3) is 7.21. The minimum atomic E-state index is -3.38. The fourth-order valence-electron chi connectivity index (χ4n) is 4.38. The van der Waals surface area contributed by atoms with Gasteiger partial charge in [-0.25, -0.2) is 13.4 Å². The van der Waals surface area contributed by atoms with Crippen LogP contribution >= 0.6 is 11.6 Å². The van der Waals surface area contributed by atoms with E-state index in [0.717, 1.165) is 42.1 Å². The Labute approximate surface area is 224 Å². The highest BCUT2D eigenvalue weighted by Gasteiger charge is 2.30. The smallest absolute Gasteiger partial charge is 0.233 e. The van der Waals surface area contributed by atoms with Gasteiger partial charge in [0, 0.05) is 19.5 Å². The van der Waals surface area contributed by atoms with E-state index in [-0.39, 0.29) is 11.9 Å². The summed E-state index contributed by atoms with van der Waals surface area (Å²) < 4.78 is 29.8. The van der Waals surface area contributed by atoms with Crippen LogP contribution in [0.25, 0.3) is 0 Å². The number of benzene rings is 1. The van der Waals surface area contributed by atoms with Gasteiger partial charge in [-0.15, -0.1) is 10.2 Å². The van der Waals surface area contributed by atoms with Gasteiger partial charge in [0.1, 0.15) is 5.82 Å². The number of halogens is 1. The maximum atomic E-state index is 11.7. The van der Waals surface area contributed by atoms with Crippen molar-refractivity contribution in [3.63, 3.8) is 0 Å². The van der Waals surface area contributed by atoms with Crippen LogP contribution < -0.4 is 14.9 Å². The van der Waals surface area contributed by atoms with Crippen LogP contribution in [0.2, 0.25) is 5.02 Å². The number of hydrogen-bond donors (Lipinski definition) is 2. The van der Waals surface area contributed by atoms with Crippen LogP contribution in [0.4, 0.5) is 11.6 Å². The molecule has 1 aliphatic carbocycles. The molecule has 2 unspecified atom stereocenters. The highest BCUT2D eigenvalue weighted by Crippen LogP contribution is 2.36. The predicted octanol–water partition coefficient (Wildman–Crippen LogP) is 4.79. The number of nitrogens with one attached hydrogen (secondary N) is 2. The number of anilines is 2. The summed E-state index contributed by atoms with van der Waals surface area (Å²) in [7, 11) is -1.91. The van der Waals surface area contributed by atoms with E-state index < -0.39 is 10.0 Å².